The number of hydrogen-bond acceptors (Lipinski definition) is 7. The van der Waals surface area contributed by atoms with Crippen molar-refractivity contribution in [2.75, 3.05) is 31.1 Å². The van der Waals surface area contributed by atoms with Gasteiger partial charge in [-0.05, 0) is 55.0 Å². The Morgan fingerprint density at radius 2 is 1.85 bits per heavy atom. The van der Waals surface area contributed by atoms with Gasteiger partial charge in [0, 0.05) is 37.0 Å². The molecule has 1 heterocycles. The smallest absolute Gasteiger partial charge is 0.250 e. The fraction of sp³-hybridized carbons (Fsp3) is 0.292. The number of aliphatic hydroxyl groups excluding tert-OH is 2. The summed E-state index contributed by atoms with van der Waals surface area (Å²) < 4.78 is 32.4. The standard InChI is InChI=1S/C24H27N3O5S/c1-3-27(4-2)20-8-7-17-11-19(6-5-18(17)12-20)24-10-9-22(32-24)13-23(14-25)33(30,31)26-15-21(29)16-28/h5-13,21,26,28-29H,3-4,15-16H2,1-2H3/b23-13+. The van der Waals surface area contributed by atoms with Crippen LogP contribution in [0.5, 0.6) is 0 Å². The second-order valence-corrected chi connectivity index (χ2v) is 9.16. The first-order valence-electron chi connectivity index (χ1n) is 10.6. The van der Waals surface area contributed by atoms with Gasteiger partial charge < -0.3 is 19.5 Å². The molecule has 1 atom stereocenters. The highest BCUT2D eigenvalue weighted by molar-refractivity contribution is 7.93. The number of anilines is 1. The number of benzene rings is 2. The topological polar surface area (TPSA) is 127 Å². The van der Waals surface area contributed by atoms with Crippen molar-refractivity contribution in [1.29, 1.82) is 5.26 Å². The number of aliphatic hydroxyl groups is 2. The molecule has 0 aliphatic rings. The Morgan fingerprint density at radius 3 is 2.52 bits per heavy atom. The normalized spacial score (nSPS) is 13.1. The van der Waals surface area contributed by atoms with Crippen LogP contribution in [0, 0.1) is 11.3 Å². The van der Waals surface area contributed by atoms with E-state index in [-0.39, 0.29) is 5.76 Å². The summed E-state index contributed by atoms with van der Waals surface area (Å²) in [4.78, 5) is 1.72. The summed E-state index contributed by atoms with van der Waals surface area (Å²) in [5.41, 5.74) is 1.99. The predicted molar refractivity (Wildman–Crippen MR) is 129 cm³/mol. The van der Waals surface area contributed by atoms with E-state index in [1.165, 1.54) is 0 Å². The molecule has 1 aromatic heterocycles. The number of nitrogens with one attached hydrogen (secondary N) is 1. The third kappa shape index (κ3) is 5.80. The third-order valence-corrected chi connectivity index (χ3v) is 6.59. The molecule has 0 aliphatic heterocycles. The lowest BCUT2D eigenvalue weighted by Crippen LogP contribution is -2.34. The lowest BCUT2D eigenvalue weighted by atomic mass is 10.0. The minimum Gasteiger partial charge on any atom is -0.457 e. The van der Waals surface area contributed by atoms with E-state index in [1.807, 2.05) is 18.2 Å². The van der Waals surface area contributed by atoms with Gasteiger partial charge in [-0.1, -0.05) is 18.2 Å². The van der Waals surface area contributed by atoms with Gasteiger partial charge in [0.15, 0.2) is 4.91 Å². The number of nitriles is 1. The van der Waals surface area contributed by atoms with Crippen LogP contribution in [0.3, 0.4) is 0 Å². The van der Waals surface area contributed by atoms with Crippen molar-refractivity contribution in [3.8, 4) is 17.4 Å². The van der Waals surface area contributed by atoms with Crippen molar-refractivity contribution in [2.24, 2.45) is 0 Å². The first-order valence-corrected chi connectivity index (χ1v) is 12.1. The van der Waals surface area contributed by atoms with Gasteiger partial charge in [-0.3, -0.25) is 0 Å². The lowest BCUT2D eigenvalue weighted by Gasteiger charge is -2.21. The average molecular weight is 470 g/mol. The monoisotopic (exact) mass is 469 g/mol. The minimum absolute atomic E-state index is 0.201. The Balaban J connectivity index is 1.85. The summed E-state index contributed by atoms with van der Waals surface area (Å²) in [6.07, 6.45) is -0.139. The zero-order chi connectivity index (χ0) is 24.0. The summed E-state index contributed by atoms with van der Waals surface area (Å²) in [5, 5.41) is 29.6. The molecule has 9 heteroatoms. The molecule has 0 saturated heterocycles. The summed E-state index contributed by atoms with van der Waals surface area (Å²) >= 11 is 0. The molecule has 0 aliphatic carbocycles. The molecular weight excluding hydrogens is 442 g/mol. The highest BCUT2D eigenvalue weighted by Gasteiger charge is 2.19. The van der Waals surface area contributed by atoms with Crippen LogP contribution in [0.2, 0.25) is 0 Å². The maximum absolute atomic E-state index is 12.3. The van der Waals surface area contributed by atoms with Crippen LogP contribution < -0.4 is 9.62 Å². The third-order valence-electron chi connectivity index (χ3n) is 5.26. The Kier molecular flexibility index (Phi) is 7.89. The zero-order valence-corrected chi connectivity index (χ0v) is 19.3. The molecule has 2 aromatic carbocycles. The molecule has 0 bridgehead atoms. The van der Waals surface area contributed by atoms with Crippen LogP contribution in [-0.4, -0.2) is 51.0 Å². The number of furan rings is 1. The minimum atomic E-state index is -4.16. The first-order chi connectivity index (χ1) is 15.8. The van der Waals surface area contributed by atoms with Gasteiger partial charge in [-0.25, -0.2) is 13.1 Å². The van der Waals surface area contributed by atoms with Crippen molar-refractivity contribution < 1.29 is 23.0 Å². The summed E-state index contributed by atoms with van der Waals surface area (Å²) in [6, 6.07) is 17.1. The molecule has 174 valence electrons. The number of hydrogen-bond donors (Lipinski definition) is 3. The molecule has 3 aromatic rings. The molecule has 0 amide bonds. The van der Waals surface area contributed by atoms with Crippen LogP contribution >= 0.6 is 0 Å². The molecule has 0 radical (unpaired) electrons. The summed E-state index contributed by atoms with van der Waals surface area (Å²) in [6.45, 7) is 5.10. The molecule has 0 spiro atoms. The maximum Gasteiger partial charge on any atom is 0.250 e. The van der Waals surface area contributed by atoms with Gasteiger partial charge in [0.05, 0.1) is 12.7 Å². The number of nitrogens with zero attached hydrogens (tertiary/aromatic N) is 2. The SMILES string of the molecule is CCN(CC)c1ccc2cc(-c3ccc(/C=C(\C#N)S(=O)(=O)NCC(O)CO)o3)ccc2c1. The number of rotatable bonds is 10. The van der Waals surface area contributed by atoms with Crippen molar-refractivity contribution >= 4 is 32.6 Å². The molecular formula is C24H27N3O5S. The van der Waals surface area contributed by atoms with Crippen molar-refractivity contribution in [3.63, 3.8) is 0 Å². The highest BCUT2D eigenvalue weighted by atomic mass is 32.2. The number of sulfonamides is 1. The first kappa shape index (κ1) is 24.5. The fourth-order valence-electron chi connectivity index (χ4n) is 3.40. The Bertz CT molecular complexity index is 1290. The van der Waals surface area contributed by atoms with Crippen LogP contribution in [0.4, 0.5) is 5.69 Å². The predicted octanol–water partition coefficient (Wildman–Crippen LogP) is 3.08. The van der Waals surface area contributed by atoms with E-state index < -0.39 is 34.2 Å². The van der Waals surface area contributed by atoms with Crippen molar-refractivity contribution in [1.82, 2.24) is 4.72 Å². The van der Waals surface area contributed by atoms with Gasteiger partial charge in [-0.2, -0.15) is 5.26 Å². The molecule has 8 nitrogen and oxygen atoms in total. The molecule has 1 unspecified atom stereocenters. The van der Waals surface area contributed by atoms with Crippen LogP contribution in [0.1, 0.15) is 19.6 Å². The van der Waals surface area contributed by atoms with Gasteiger partial charge in [0.1, 0.15) is 17.6 Å². The Labute approximate surface area is 193 Å². The lowest BCUT2D eigenvalue weighted by molar-refractivity contribution is 0.0989. The summed E-state index contributed by atoms with van der Waals surface area (Å²) in [5.74, 6) is 0.737. The van der Waals surface area contributed by atoms with Crippen molar-refractivity contribution in [3.05, 3.63) is 59.2 Å². The summed E-state index contributed by atoms with van der Waals surface area (Å²) in [7, 11) is -4.16. The highest BCUT2D eigenvalue weighted by Crippen LogP contribution is 2.29. The molecule has 0 saturated carbocycles. The van der Waals surface area contributed by atoms with Crippen molar-refractivity contribution in [2.45, 2.75) is 20.0 Å². The van der Waals surface area contributed by atoms with E-state index in [1.54, 1.807) is 18.2 Å². The molecule has 0 fully saturated rings. The van der Waals surface area contributed by atoms with Crippen LogP contribution in [0.25, 0.3) is 28.2 Å². The van der Waals surface area contributed by atoms with Gasteiger partial charge in [-0.15, -0.1) is 0 Å². The second-order valence-electron chi connectivity index (χ2n) is 7.43. The number of fused-ring (bicyclic) bond motifs is 1. The Hall–Kier alpha value is -3.16. The molecule has 3 N–H and O–H groups in total. The van der Waals surface area contributed by atoms with E-state index in [0.29, 0.717) is 5.76 Å². The fourth-order valence-corrected chi connectivity index (χ4v) is 4.36. The molecule has 33 heavy (non-hydrogen) atoms. The Morgan fingerprint density at radius 1 is 1.15 bits per heavy atom. The van der Waals surface area contributed by atoms with E-state index in [9.17, 15) is 18.8 Å². The van der Waals surface area contributed by atoms with E-state index >= 15 is 0 Å². The average Bonchev–Trinajstić information content (AvgIpc) is 3.30. The largest absolute Gasteiger partial charge is 0.457 e. The molecule has 3 rings (SSSR count). The van der Waals surface area contributed by atoms with E-state index in [4.69, 9.17) is 9.52 Å². The van der Waals surface area contributed by atoms with Gasteiger partial charge in [0.25, 0.3) is 10.0 Å². The quantitative estimate of drug-likeness (QED) is 0.389. The maximum atomic E-state index is 12.3. The number of allylic oxidation sites excluding steroid dienone is 1. The van der Waals surface area contributed by atoms with Crippen LogP contribution in [0.15, 0.2) is 57.9 Å². The van der Waals surface area contributed by atoms with E-state index in [0.717, 1.165) is 41.2 Å². The van der Waals surface area contributed by atoms with E-state index in [2.05, 4.69) is 41.7 Å². The van der Waals surface area contributed by atoms with Crippen LogP contribution in [-0.2, 0) is 10.0 Å². The zero-order valence-electron chi connectivity index (χ0n) is 18.5. The second kappa shape index (κ2) is 10.6. The van der Waals surface area contributed by atoms with Gasteiger partial charge >= 0.3 is 0 Å². The van der Waals surface area contributed by atoms with Gasteiger partial charge in [0.2, 0.25) is 0 Å².